The van der Waals surface area contributed by atoms with Crippen molar-refractivity contribution in [3.63, 3.8) is 0 Å². The van der Waals surface area contributed by atoms with Gasteiger partial charge in [-0.1, -0.05) is 66.4 Å². The smallest absolute Gasteiger partial charge is 0.0927 e. The largest absolute Gasteiger partial charge is 0.358 e. The Morgan fingerprint density at radius 3 is 1.81 bits per heavy atom. The molecular weight excluding hydrogens is 496 g/mol. The number of para-hydroxylation sites is 1. The SMILES string of the molecule is CN1CN(c2[c-]cccc2)C(c2ccccc2)=C1c1ccccc1.[CH3-].[Ir]. The molecule has 1 radical (unpaired) electrons. The van der Waals surface area contributed by atoms with E-state index in [0.29, 0.717) is 0 Å². The van der Waals surface area contributed by atoms with E-state index < -0.39 is 0 Å². The van der Waals surface area contributed by atoms with Crippen molar-refractivity contribution >= 4 is 17.1 Å². The number of nitrogens with zero attached hydrogens (tertiary/aromatic N) is 2. The molecule has 0 amide bonds. The van der Waals surface area contributed by atoms with Crippen molar-refractivity contribution < 1.29 is 20.1 Å². The molecule has 0 bridgehead atoms. The molecule has 1 heterocycles. The maximum atomic E-state index is 3.37. The van der Waals surface area contributed by atoms with Crippen LogP contribution < -0.4 is 4.90 Å². The Balaban J connectivity index is 0.00000121. The first-order valence-electron chi connectivity index (χ1n) is 8.15. The predicted octanol–water partition coefficient (Wildman–Crippen LogP) is 5.17. The summed E-state index contributed by atoms with van der Waals surface area (Å²) in [6, 6.07) is 32.7. The van der Waals surface area contributed by atoms with E-state index in [1.54, 1.807) is 0 Å². The van der Waals surface area contributed by atoms with Crippen LogP contribution in [0.3, 0.4) is 0 Å². The normalized spacial score (nSPS) is 13.3. The van der Waals surface area contributed by atoms with Crippen molar-refractivity contribution in [2.75, 3.05) is 18.6 Å². The third-order valence-electron chi connectivity index (χ3n) is 4.31. The monoisotopic (exact) mass is 519 g/mol. The van der Waals surface area contributed by atoms with Gasteiger partial charge in [0.1, 0.15) is 0 Å². The Kier molecular flexibility index (Phi) is 6.79. The van der Waals surface area contributed by atoms with Crippen LogP contribution in [-0.2, 0) is 20.1 Å². The molecule has 26 heavy (non-hydrogen) atoms. The topological polar surface area (TPSA) is 6.48 Å². The zero-order valence-corrected chi connectivity index (χ0v) is 17.4. The molecule has 0 aromatic heterocycles. The minimum atomic E-state index is 0. The van der Waals surface area contributed by atoms with Gasteiger partial charge in [0.25, 0.3) is 0 Å². The maximum Gasteiger partial charge on any atom is 0.0927 e. The van der Waals surface area contributed by atoms with Crippen LogP contribution in [0.1, 0.15) is 11.1 Å². The fraction of sp³-hybridized carbons (Fsp3) is 0.0870. The van der Waals surface area contributed by atoms with Gasteiger partial charge in [0.2, 0.25) is 0 Å². The molecular formula is C23H22IrN2-2. The zero-order chi connectivity index (χ0) is 16.4. The van der Waals surface area contributed by atoms with Gasteiger partial charge in [0.15, 0.2) is 0 Å². The molecule has 1 aliphatic rings. The van der Waals surface area contributed by atoms with Crippen LogP contribution in [0.4, 0.5) is 5.69 Å². The van der Waals surface area contributed by atoms with Crippen LogP contribution in [0.5, 0.6) is 0 Å². The van der Waals surface area contributed by atoms with E-state index in [1.165, 1.54) is 22.5 Å². The van der Waals surface area contributed by atoms with E-state index in [0.717, 1.165) is 12.4 Å². The molecule has 0 spiro atoms. The Morgan fingerprint density at radius 1 is 0.731 bits per heavy atom. The first kappa shape index (κ1) is 20.0. The van der Waals surface area contributed by atoms with E-state index in [9.17, 15) is 0 Å². The van der Waals surface area contributed by atoms with Gasteiger partial charge in [-0.05, 0) is 5.56 Å². The second-order valence-corrected chi connectivity index (χ2v) is 5.94. The van der Waals surface area contributed by atoms with E-state index in [-0.39, 0.29) is 27.5 Å². The van der Waals surface area contributed by atoms with E-state index in [2.05, 4.69) is 95.7 Å². The van der Waals surface area contributed by atoms with Gasteiger partial charge in [-0.2, -0.15) is 24.3 Å². The number of benzene rings is 3. The molecule has 0 atom stereocenters. The van der Waals surface area contributed by atoms with Crippen LogP contribution in [0.2, 0.25) is 0 Å². The predicted molar refractivity (Wildman–Crippen MR) is 106 cm³/mol. The van der Waals surface area contributed by atoms with Gasteiger partial charge < -0.3 is 17.2 Å². The molecule has 0 unspecified atom stereocenters. The summed E-state index contributed by atoms with van der Waals surface area (Å²) in [5.41, 5.74) is 6.02. The molecule has 0 aliphatic carbocycles. The molecule has 2 nitrogen and oxygen atoms in total. The second kappa shape index (κ2) is 8.84. The van der Waals surface area contributed by atoms with Crippen molar-refractivity contribution in [3.05, 3.63) is 110 Å². The van der Waals surface area contributed by atoms with Gasteiger partial charge in [-0.3, -0.25) is 0 Å². The first-order valence-corrected chi connectivity index (χ1v) is 8.15. The maximum absolute atomic E-state index is 3.37. The Labute approximate surface area is 170 Å². The minimum absolute atomic E-state index is 0. The van der Waals surface area contributed by atoms with Crippen LogP contribution in [-0.4, -0.2) is 18.6 Å². The third-order valence-corrected chi connectivity index (χ3v) is 4.31. The third kappa shape index (κ3) is 3.74. The minimum Gasteiger partial charge on any atom is -0.358 e. The Morgan fingerprint density at radius 2 is 1.27 bits per heavy atom. The van der Waals surface area contributed by atoms with Crippen LogP contribution >= 0.6 is 0 Å². The van der Waals surface area contributed by atoms with Gasteiger partial charge in [0, 0.05) is 32.7 Å². The second-order valence-electron chi connectivity index (χ2n) is 5.94. The molecule has 3 heteroatoms. The van der Waals surface area contributed by atoms with Gasteiger partial charge in [-0.15, -0.1) is 6.07 Å². The van der Waals surface area contributed by atoms with Crippen LogP contribution in [0.25, 0.3) is 11.4 Å². The molecule has 1 aliphatic heterocycles. The van der Waals surface area contributed by atoms with E-state index >= 15 is 0 Å². The van der Waals surface area contributed by atoms with Crippen molar-refractivity contribution in [3.8, 4) is 0 Å². The molecule has 0 saturated carbocycles. The van der Waals surface area contributed by atoms with Crippen molar-refractivity contribution in [2.24, 2.45) is 0 Å². The molecule has 0 saturated heterocycles. The van der Waals surface area contributed by atoms with Gasteiger partial charge >= 0.3 is 0 Å². The average molecular weight is 519 g/mol. The summed E-state index contributed by atoms with van der Waals surface area (Å²) in [6.45, 7) is 0.814. The number of hydrogen-bond donors (Lipinski definition) is 0. The first-order chi connectivity index (χ1) is 11.8. The van der Waals surface area contributed by atoms with Crippen molar-refractivity contribution in [1.29, 1.82) is 0 Å². The summed E-state index contributed by atoms with van der Waals surface area (Å²) in [5.74, 6) is 0. The van der Waals surface area contributed by atoms with Crippen molar-refractivity contribution in [1.82, 2.24) is 4.90 Å². The fourth-order valence-corrected chi connectivity index (χ4v) is 3.25. The molecule has 3 aromatic rings. The van der Waals surface area contributed by atoms with Gasteiger partial charge in [-0.25, -0.2) is 0 Å². The molecule has 135 valence electrons. The van der Waals surface area contributed by atoms with Crippen LogP contribution in [0.15, 0.2) is 84.9 Å². The Hall–Kier alpha value is -2.35. The zero-order valence-electron chi connectivity index (χ0n) is 15.0. The number of rotatable bonds is 3. The summed E-state index contributed by atoms with van der Waals surface area (Å²) < 4.78 is 0. The quantitative estimate of drug-likeness (QED) is 0.442. The molecule has 0 fully saturated rings. The van der Waals surface area contributed by atoms with Crippen LogP contribution in [0, 0.1) is 13.5 Å². The molecule has 0 N–H and O–H groups in total. The summed E-state index contributed by atoms with van der Waals surface area (Å²) in [7, 11) is 2.15. The molecule has 3 aromatic carbocycles. The van der Waals surface area contributed by atoms with Crippen molar-refractivity contribution in [2.45, 2.75) is 0 Å². The van der Waals surface area contributed by atoms with Gasteiger partial charge in [0.05, 0.1) is 18.1 Å². The van der Waals surface area contributed by atoms with E-state index in [4.69, 9.17) is 0 Å². The fourth-order valence-electron chi connectivity index (χ4n) is 3.25. The summed E-state index contributed by atoms with van der Waals surface area (Å²) in [6.07, 6.45) is 0. The number of anilines is 1. The standard InChI is InChI=1S/C22H19N2.CH3.Ir/c1-23-17-24(20-15-9-4-10-16-20)22(19-13-7-3-8-14-19)21(23)18-11-5-2-6-12-18;;/h2-15H,17H2,1H3;1H3;/q2*-1;. The van der Waals surface area contributed by atoms with E-state index in [1.807, 2.05) is 12.1 Å². The number of hydrogen-bond acceptors (Lipinski definition) is 2. The average Bonchev–Trinajstić information content (AvgIpc) is 3.01. The molecule has 4 rings (SSSR count). The Bertz CT molecular complexity index is 845. The summed E-state index contributed by atoms with van der Waals surface area (Å²) >= 11 is 0. The summed E-state index contributed by atoms with van der Waals surface area (Å²) in [4.78, 5) is 4.64. The summed E-state index contributed by atoms with van der Waals surface area (Å²) in [5, 5.41) is 0.